The van der Waals surface area contributed by atoms with E-state index in [1.54, 1.807) is 0 Å². The van der Waals surface area contributed by atoms with Crippen LogP contribution in [0.15, 0.2) is 12.4 Å². The lowest BCUT2D eigenvalue weighted by atomic mass is 9.80. The van der Waals surface area contributed by atoms with Gasteiger partial charge in [0.15, 0.2) is 0 Å². The quantitative estimate of drug-likeness (QED) is 0.478. The molecule has 0 radical (unpaired) electrons. The number of nitrogens with zero attached hydrogens (tertiary/aromatic N) is 3. The Balaban J connectivity index is 2.23. The van der Waals surface area contributed by atoms with Crippen molar-refractivity contribution >= 4 is 0 Å². The van der Waals surface area contributed by atoms with E-state index in [0.29, 0.717) is 0 Å². The molecule has 2 rings (SSSR count). The fraction of sp³-hybridized carbons (Fsp3) is 0.812. The molecule has 5 nitrogen and oxygen atoms in total. The third kappa shape index (κ3) is 3.47. The maximum absolute atomic E-state index is 5.97. The van der Waals surface area contributed by atoms with Crippen LogP contribution in [0.25, 0.3) is 0 Å². The molecule has 21 heavy (non-hydrogen) atoms. The van der Waals surface area contributed by atoms with Gasteiger partial charge in [-0.2, -0.15) is 0 Å². The average molecular weight is 293 g/mol. The SMILES string of the molecule is CCn1ccnc1CC(NN)C1(N(C)C)CCCCCC1. The molecule has 5 heteroatoms. The Kier molecular flexibility index (Phi) is 5.79. The molecule has 0 amide bonds. The fourth-order valence-electron chi connectivity index (χ4n) is 3.85. The van der Waals surface area contributed by atoms with Crippen molar-refractivity contribution in [2.75, 3.05) is 14.1 Å². The first-order valence-corrected chi connectivity index (χ1v) is 8.27. The van der Waals surface area contributed by atoms with Gasteiger partial charge in [-0.3, -0.25) is 11.3 Å². The van der Waals surface area contributed by atoms with Crippen molar-refractivity contribution in [2.45, 2.75) is 70.0 Å². The van der Waals surface area contributed by atoms with Crippen molar-refractivity contribution < 1.29 is 0 Å². The monoisotopic (exact) mass is 293 g/mol. The van der Waals surface area contributed by atoms with E-state index in [0.717, 1.165) is 18.8 Å². The summed E-state index contributed by atoms with van der Waals surface area (Å²) in [5, 5.41) is 0. The zero-order valence-electron chi connectivity index (χ0n) is 13.8. The smallest absolute Gasteiger partial charge is 0.110 e. The van der Waals surface area contributed by atoms with Crippen molar-refractivity contribution in [1.82, 2.24) is 19.9 Å². The predicted octanol–water partition coefficient (Wildman–Crippen LogP) is 1.93. The number of aromatic nitrogens is 2. The number of nitrogens with two attached hydrogens (primary N) is 1. The molecular formula is C16H31N5. The molecule has 0 spiro atoms. The van der Waals surface area contributed by atoms with Crippen LogP contribution in [0.3, 0.4) is 0 Å². The fourth-order valence-corrected chi connectivity index (χ4v) is 3.85. The van der Waals surface area contributed by atoms with E-state index in [4.69, 9.17) is 5.84 Å². The van der Waals surface area contributed by atoms with Crippen molar-refractivity contribution in [1.29, 1.82) is 0 Å². The first-order chi connectivity index (χ1) is 10.1. The Bertz CT molecular complexity index is 418. The van der Waals surface area contributed by atoms with E-state index in [-0.39, 0.29) is 11.6 Å². The summed E-state index contributed by atoms with van der Waals surface area (Å²) in [6.07, 6.45) is 12.5. The van der Waals surface area contributed by atoms with Gasteiger partial charge in [-0.15, -0.1) is 0 Å². The first kappa shape index (κ1) is 16.5. The molecule has 1 aromatic rings. The molecule has 1 saturated carbocycles. The Morgan fingerprint density at radius 1 is 1.33 bits per heavy atom. The second kappa shape index (κ2) is 7.38. The van der Waals surface area contributed by atoms with Crippen LogP contribution in [0.5, 0.6) is 0 Å². The van der Waals surface area contributed by atoms with E-state index in [9.17, 15) is 0 Å². The zero-order chi connectivity index (χ0) is 15.3. The molecule has 1 unspecified atom stereocenters. The van der Waals surface area contributed by atoms with Crippen LogP contribution in [0.2, 0.25) is 0 Å². The van der Waals surface area contributed by atoms with Crippen LogP contribution in [-0.4, -0.2) is 40.1 Å². The minimum absolute atomic E-state index is 0.135. The zero-order valence-corrected chi connectivity index (χ0v) is 13.8. The summed E-state index contributed by atoms with van der Waals surface area (Å²) in [5.74, 6) is 7.10. The van der Waals surface area contributed by atoms with Crippen molar-refractivity contribution in [3.63, 3.8) is 0 Å². The maximum atomic E-state index is 5.97. The number of hydrazine groups is 1. The van der Waals surface area contributed by atoms with Crippen molar-refractivity contribution in [2.24, 2.45) is 5.84 Å². The van der Waals surface area contributed by atoms with Gasteiger partial charge in [0, 0.05) is 36.9 Å². The number of rotatable bonds is 6. The Morgan fingerprint density at radius 2 is 2.00 bits per heavy atom. The van der Waals surface area contributed by atoms with E-state index in [1.165, 1.54) is 38.5 Å². The summed E-state index contributed by atoms with van der Waals surface area (Å²) in [5.41, 5.74) is 3.25. The summed E-state index contributed by atoms with van der Waals surface area (Å²) in [7, 11) is 4.39. The largest absolute Gasteiger partial charge is 0.335 e. The lowest BCUT2D eigenvalue weighted by Gasteiger charge is -2.45. The molecule has 3 N–H and O–H groups in total. The molecule has 1 aliphatic carbocycles. The van der Waals surface area contributed by atoms with Gasteiger partial charge in [0.25, 0.3) is 0 Å². The topological polar surface area (TPSA) is 59.1 Å². The standard InChI is InChI=1S/C16H31N5/c1-4-21-12-11-18-15(21)13-14(19-17)16(20(2)3)9-7-5-6-8-10-16/h11-12,14,19H,4-10,13,17H2,1-3H3. The van der Waals surface area contributed by atoms with Gasteiger partial charge in [0.2, 0.25) is 0 Å². The lowest BCUT2D eigenvalue weighted by molar-refractivity contribution is 0.0789. The Hall–Kier alpha value is -0.910. The molecule has 1 heterocycles. The molecule has 0 aromatic carbocycles. The number of hydrogen-bond acceptors (Lipinski definition) is 4. The van der Waals surface area contributed by atoms with Crippen LogP contribution in [0, 0.1) is 0 Å². The van der Waals surface area contributed by atoms with E-state index >= 15 is 0 Å². The van der Waals surface area contributed by atoms with Crippen LogP contribution in [0.1, 0.15) is 51.3 Å². The average Bonchev–Trinajstić information content (AvgIpc) is 2.78. The van der Waals surface area contributed by atoms with Crippen LogP contribution >= 0.6 is 0 Å². The van der Waals surface area contributed by atoms with Gasteiger partial charge in [0.1, 0.15) is 5.82 Å². The third-order valence-electron chi connectivity index (χ3n) is 5.24. The second-order valence-electron chi connectivity index (χ2n) is 6.47. The highest BCUT2D eigenvalue weighted by Crippen LogP contribution is 2.35. The summed E-state index contributed by atoms with van der Waals surface area (Å²) in [6.45, 7) is 3.12. The molecule has 0 bridgehead atoms. The summed E-state index contributed by atoms with van der Waals surface area (Å²) in [4.78, 5) is 6.92. The maximum Gasteiger partial charge on any atom is 0.110 e. The molecule has 0 saturated heterocycles. The number of hydrogen-bond donors (Lipinski definition) is 2. The minimum atomic E-state index is 0.135. The summed E-state index contributed by atoms with van der Waals surface area (Å²) < 4.78 is 2.21. The third-order valence-corrected chi connectivity index (χ3v) is 5.24. The van der Waals surface area contributed by atoms with Crippen LogP contribution in [0.4, 0.5) is 0 Å². The van der Waals surface area contributed by atoms with E-state index < -0.39 is 0 Å². The lowest BCUT2D eigenvalue weighted by Crippen LogP contribution is -2.61. The number of imidazole rings is 1. The molecule has 1 aromatic heterocycles. The highest BCUT2D eigenvalue weighted by molar-refractivity contribution is 5.05. The van der Waals surface area contributed by atoms with E-state index in [2.05, 4.69) is 47.1 Å². The first-order valence-electron chi connectivity index (χ1n) is 8.27. The molecule has 1 aliphatic rings. The highest BCUT2D eigenvalue weighted by Gasteiger charge is 2.41. The van der Waals surface area contributed by atoms with E-state index in [1.807, 2.05) is 6.20 Å². The molecule has 0 aliphatic heterocycles. The number of nitrogens with one attached hydrogen (secondary N) is 1. The molecule has 1 atom stereocenters. The van der Waals surface area contributed by atoms with Crippen LogP contribution < -0.4 is 11.3 Å². The van der Waals surface area contributed by atoms with Gasteiger partial charge in [0.05, 0.1) is 0 Å². The van der Waals surface area contributed by atoms with Crippen LogP contribution in [-0.2, 0) is 13.0 Å². The Labute approximate surface area is 128 Å². The highest BCUT2D eigenvalue weighted by atomic mass is 15.3. The summed E-state index contributed by atoms with van der Waals surface area (Å²) in [6, 6.07) is 0.235. The minimum Gasteiger partial charge on any atom is -0.335 e. The van der Waals surface area contributed by atoms with Crippen molar-refractivity contribution in [3.05, 3.63) is 18.2 Å². The summed E-state index contributed by atoms with van der Waals surface area (Å²) >= 11 is 0. The predicted molar refractivity (Wildman–Crippen MR) is 86.8 cm³/mol. The van der Waals surface area contributed by atoms with Gasteiger partial charge < -0.3 is 9.47 Å². The normalized spacial score (nSPS) is 20.4. The van der Waals surface area contributed by atoms with Gasteiger partial charge in [-0.1, -0.05) is 25.7 Å². The number of aryl methyl sites for hydroxylation is 1. The Morgan fingerprint density at radius 3 is 2.52 bits per heavy atom. The molecular weight excluding hydrogens is 262 g/mol. The van der Waals surface area contributed by atoms with Gasteiger partial charge in [-0.25, -0.2) is 4.98 Å². The molecule has 1 fully saturated rings. The second-order valence-corrected chi connectivity index (χ2v) is 6.47. The van der Waals surface area contributed by atoms with Crippen molar-refractivity contribution in [3.8, 4) is 0 Å². The number of likely N-dealkylation sites (N-methyl/N-ethyl adjacent to an activating group) is 1. The van der Waals surface area contributed by atoms with Gasteiger partial charge >= 0.3 is 0 Å². The van der Waals surface area contributed by atoms with Gasteiger partial charge in [-0.05, 0) is 33.9 Å². The molecule has 120 valence electrons.